The molecule has 1 N–H and O–H groups in total. The van der Waals surface area contributed by atoms with Crippen molar-refractivity contribution in [2.75, 3.05) is 26.8 Å². The summed E-state index contributed by atoms with van der Waals surface area (Å²) in [5, 5.41) is 3.37. The van der Waals surface area contributed by atoms with Crippen LogP contribution in [0, 0.1) is 0 Å². The number of hydrogen-bond donors (Lipinski definition) is 1. The third-order valence-electron chi connectivity index (χ3n) is 3.51. The van der Waals surface area contributed by atoms with Crippen LogP contribution in [0.15, 0.2) is 0 Å². The van der Waals surface area contributed by atoms with E-state index in [0.29, 0.717) is 13.2 Å². The Morgan fingerprint density at radius 2 is 2.18 bits per heavy atom. The van der Waals surface area contributed by atoms with Gasteiger partial charge in [-0.15, -0.1) is 0 Å². The van der Waals surface area contributed by atoms with Gasteiger partial charge in [0, 0.05) is 19.7 Å². The van der Waals surface area contributed by atoms with Crippen molar-refractivity contribution in [1.29, 1.82) is 0 Å². The zero-order chi connectivity index (χ0) is 12.9. The van der Waals surface area contributed by atoms with Crippen LogP contribution < -0.4 is 5.32 Å². The first-order valence-electron chi connectivity index (χ1n) is 6.56. The number of hydrogen-bond acceptors (Lipinski definition) is 3. The third-order valence-corrected chi connectivity index (χ3v) is 3.51. The summed E-state index contributed by atoms with van der Waals surface area (Å²) >= 11 is 0. The molecule has 4 heteroatoms. The van der Waals surface area contributed by atoms with E-state index in [1.165, 1.54) is 6.42 Å². The van der Waals surface area contributed by atoms with Crippen LogP contribution in [0.1, 0.15) is 40.0 Å². The summed E-state index contributed by atoms with van der Waals surface area (Å²) in [5.41, 5.74) is -0.379. The fourth-order valence-electron chi connectivity index (χ4n) is 2.34. The summed E-state index contributed by atoms with van der Waals surface area (Å²) in [6.07, 6.45) is 3.23. The summed E-state index contributed by atoms with van der Waals surface area (Å²) in [6, 6.07) is 0.221. The predicted molar refractivity (Wildman–Crippen MR) is 69.0 cm³/mol. The van der Waals surface area contributed by atoms with Gasteiger partial charge in [0.1, 0.15) is 0 Å². The van der Waals surface area contributed by atoms with E-state index in [4.69, 9.17) is 4.74 Å². The van der Waals surface area contributed by atoms with Gasteiger partial charge in [0.2, 0.25) is 5.91 Å². The second-order valence-corrected chi connectivity index (χ2v) is 5.30. The maximum Gasteiger partial charge on any atom is 0.242 e. The van der Waals surface area contributed by atoms with Gasteiger partial charge < -0.3 is 15.0 Å². The molecule has 0 aromatic heterocycles. The first kappa shape index (κ1) is 14.5. The standard InChI is InChI=1S/C13H26N2O2/c1-11(2)15(9-10-17-4)12(16)13(3)7-5-6-8-14-13/h11,14H,5-10H2,1-4H3. The molecule has 0 aromatic rings. The van der Waals surface area contributed by atoms with E-state index < -0.39 is 0 Å². The largest absolute Gasteiger partial charge is 0.383 e. The van der Waals surface area contributed by atoms with Crippen LogP contribution in [0.25, 0.3) is 0 Å². The van der Waals surface area contributed by atoms with Crippen molar-refractivity contribution in [1.82, 2.24) is 10.2 Å². The average molecular weight is 242 g/mol. The van der Waals surface area contributed by atoms with Gasteiger partial charge in [-0.1, -0.05) is 0 Å². The highest BCUT2D eigenvalue weighted by Gasteiger charge is 2.37. The number of rotatable bonds is 5. The van der Waals surface area contributed by atoms with E-state index in [2.05, 4.69) is 19.2 Å². The smallest absolute Gasteiger partial charge is 0.242 e. The molecule has 0 radical (unpaired) electrons. The molecule has 1 heterocycles. The van der Waals surface area contributed by atoms with Gasteiger partial charge >= 0.3 is 0 Å². The van der Waals surface area contributed by atoms with E-state index in [1.807, 2.05) is 11.8 Å². The van der Waals surface area contributed by atoms with Gasteiger partial charge in [0.25, 0.3) is 0 Å². The lowest BCUT2D eigenvalue weighted by molar-refractivity contribution is -0.141. The lowest BCUT2D eigenvalue weighted by atomic mass is 9.89. The van der Waals surface area contributed by atoms with Crippen LogP contribution in [-0.2, 0) is 9.53 Å². The summed E-state index contributed by atoms with van der Waals surface area (Å²) in [7, 11) is 1.67. The van der Waals surface area contributed by atoms with Gasteiger partial charge in [0.05, 0.1) is 12.1 Å². The lowest BCUT2D eigenvalue weighted by Crippen LogP contribution is -2.59. The zero-order valence-corrected chi connectivity index (χ0v) is 11.6. The summed E-state index contributed by atoms with van der Waals surface area (Å²) < 4.78 is 5.08. The minimum Gasteiger partial charge on any atom is -0.383 e. The molecule has 4 nitrogen and oxygen atoms in total. The van der Waals surface area contributed by atoms with Crippen molar-refractivity contribution >= 4 is 5.91 Å². The Labute approximate surface area is 105 Å². The molecule has 0 aliphatic carbocycles. The quantitative estimate of drug-likeness (QED) is 0.792. The molecule has 100 valence electrons. The molecule has 1 amide bonds. The molecule has 0 spiro atoms. The molecule has 0 saturated carbocycles. The Morgan fingerprint density at radius 3 is 2.65 bits per heavy atom. The molecule has 1 aliphatic rings. The second-order valence-electron chi connectivity index (χ2n) is 5.30. The van der Waals surface area contributed by atoms with Gasteiger partial charge in [0.15, 0.2) is 0 Å². The SMILES string of the molecule is COCCN(C(=O)C1(C)CCCCN1)C(C)C. The molecule has 1 saturated heterocycles. The van der Waals surface area contributed by atoms with Crippen LogP contribution in [0.4, 0.5) is 0 Å². The van der Waals surface area contributed by atoms with E-state index >= 15 is 0 Å². The molecule has 1 aliphatic heterocycles. The van der Waals surface area contributed by atoms with E-state index in [1.54, 1.807) is 7.11 Å². The molecular formula is C13H26N2O2. The number of carbonyl (C=O) groups is 1. The number of carbonyl (C=O) groups excluding carboxylic acids is 1. The maximum absolute atomic E-state index is 12.6. The van der Waals surface area contributed by atoms with Crippen LogP contribution in [-0.4, -0.2) is 49.2 Å². The maximum atomic E-state index is 12.6. The summed E-state index contributed by atoms with van der Waals surface area (Å²) in [4.78, 5) is 14.5. The average Bonchev–Trinajstić information content (AvgIpc) is 2.30. The van der Waals surface area contributed by atoms with Crippen LogP contribution in [0.3, 0.4) is 0 Å². The molecule has 1 atom stereocenters. The molecule has 1 rings (SSSR count). The van der Waals surface area contributed by atoms with Gasteiger partial charge in [-0.2, -0.15) is 0 Å². The fraction of sp³-hybridized carbons (Fsp3) is 0.923. The minimum absolute atomic E-state index is 0.212. The Kier molecular flexibility index (Phi) is 5.40. The monoisotopic (exact) mass is 242 g/mol. The number of ether oxygens (including phenoxy) is 1. The number of amides is 1. The predicted octanol–water partition coefficient (Wildman–Crippen LogP) is 1.40. The number of methoxy groups -OCH3 is 1. The Hall–Kier alpha value is -0.610. The van der Waals surface area contributed by atoms with Crippen molar-refractivity contribution in [2.24, 2.45) is 0 Å². The van der Waals surface area contributed by atoms with Crippen molar-refractivity contribution in [3.8, 4) is 0 Å². The highest BCUT2D eigenvalue weighted by molar-refractivity contribution is 5.86. The van der Waals surface area contributed by atoms with E-state index in [-0.39, 0.29) is 17.5 Å². The molecule has 0 aromatic carbocycles. The second kappa shape index (κ2) is 6.36. The number of piperidine rings is 1. The van der Waals surface area contributed by atoms with Gasteiger partial charge in [-0.05, 0) is 46.6 Å². The van der Waals surface area contributed by atoms with Gasteiger partial charge in [-0.25, -0.2) is 0 Å². The first-order chi connectivity index (χ1) is 8.01. The molecule has 1 unspecified atom stereocenters. The number of nitrogens with zero attached hydrogens (tertiary/aromatic N) is 1. The third kappa shape index (κ3) is 3.68. The fourth-order valence-corrected chi connectivity index (χ4v) is 2.34. The first-order valence-corrected chi connectivity index (χ1v) is 6.56. The molecule has 0 bridgehead atoms. The summed E-state index contributed by atoms with van der Waals surface area (Å²) in [5.74, 6) is 0.212. The highest BCUT2D eigenvalue weighted by atomic mass is 16.5. The van der Waals surface area contributed by atoms with Crippen molar-refractivity contribution in [3.63, 3.8) is 0 Å². The van der Waals surface area contributed by atoms with E-state index in [9.17, 15) is 4.79 Å². The Morgan fingerprint density at radius 1 is 1.47 bits per heavy atom. The minimum atomic E-state index is -0.379. The van der Waals surface area contributed by atoms with Crippen LogP contribution in [0.5, 0.6) is 0 Å². The topological polar surface area (TPSA) is 41.6 Å². The molecule has 17 heavy (non-hydrogen) atoms. The molecule has 1 fully saturated rings. The van der Waals surface area contributed by atoms with Crippen LogP contribution >= 0.6 is 0 Å². The summed E-state index contributed by atoms with van der Waals surface area (Å²) in [6.45, 7) is 8.35. The number of nitrogens with one attached hydrogen (secondary N) is 1. The molecular weight excluding hydrogens is 216 g/mol. The van der Waals surface area contributed by atoms with Crippen molar-refractivity contribution in [2.45, 2.75) is 51.6 Å². The van der Waals surface area contributed by atoms with Crippen molar-refractivity contribution in [3.05, 3.63) is 0 Å². The lowest BCUT2D eigenvalue weighted by Gasteiger charge is -2.39. The van der Waals surface area contributed by atoms with E-state index in [0.717, 1.165) is 19.4 Å². The Balaban J connectivity index is 2.68. The van der Waals surface area contributed by atoms with Gasteiger partial charge in [-0.3, -0.25) is 4.79 Å². The van der Waals surface area contributed by atoms with Crippen molar-refractivity contribution < 1.29 is 9.53 Å². The van der Waals surface area contributed by atoms with Crippen LogP contribution in [0.2, 0.25) is 0 Å². The zero-order valence-electron chi connectivity index (χ0n) is 11.6. The Bertz CT molecular complexity index is 248. The normalized spacial score (nSPS) is 25.0. The highest BCUT2D eigenvalue weighted by Crippen LogP contribution is 2.22.